The van der Waals surface area contributed by atoms with E-state index in [4.69, 9.17) is 0 Å². The first-order chi connectivity index (χ1) is 13.3. The Balaban J connectivity index is 1.66. The Kier molecular flexibility index (Phi) is 5.93. The van der Waals surface area contributed by atoms with Gasteiger partial charge in [0.05, 0.1) is 11.5 Å². The smallest absolute Gasteiger partial charge is 0.293 e. The average molecular weight is 447 g/mol. The van der Waals surface area contributed by atoms with Crippen molar-refractivity contribution in [2.45, 2.75) is 25.8 Å². The van der Waals surface area contributed by atoms with Crippen LogP contribution in [0, 0.1) is 17.0 Å². The second kappa shape index (κ2) is 8.39. The molecule has 0 atom stereocenters. The van der Waals surface area contributed by atoms with E-state index in [0.717, 1.165) is 22.9 Å². The van der Waals surface area contributed by atoms with E-state index < -0.39 is 4.92 Å². The fourth-order valence-corrected chi connectivity index (χ4v) is 3.08. The number of nitrogens with zero attached hydrogens (tertiary/aromatic N) is 1. The molecule has 0 unspecified atom stereocenters. The van der Waals surface area contributed by atoms with Crippen molar-refractivity contribution in [3.63, 3.8) is 0 Å². The molecule has 2 aromatic carbocycles. The lowest BCUT2D eigenvalue weighted by Crippen LogP contribution is -2.25. The molecule has 9 heteroatoms. The maximum atomic E-state index is 12.2. The number of nitro benzene ring substituents is 1. The number of aryl methyl sites for hydroxylation is 1. The normalized spacial score (nSPS) is 12.9. The van der Waals surface area contributed by atoms with Crippen molar-refractivity contribution < 1.29 is 14.5 Å². The van der Waals surface area contributed by atoms with Crippen molar-refractivity contribution in [2.75, 3.05) is 17.2 Å². The summed E-state index contributed by atoms with van der Waals surface area (Å²) in [5.74, 6) is -0.670. The van der Waals surface area contributed by atoms with Crippen molar-refractivity contribution in [3.8, 4) is 0 Å². The van der Waals surface area contributed by atoms with Gasteiger partial charge in [0.15, 0.2) is 0 Å². The molecule has 28 heavy (non-hydrogen) atoms. The van der Waals surface area contributed by atoms with Gasteiger partial charge >= 0.3 is 0 Å². The van der Waals surface area contributed by atoms with Gasteiger partial charge in [-0.05, 0) is 55.7 Å². The number of halogens is 1. The lowest BCUT2D eigenvalue weighted by molar-refractivity contribution is -0.384. The highest BCUT2D eigenvalue weighted by atomic mass is 79.9. The summed E-state index contributed by atoms with van der Waals surface area (Å²) >= 11 is 3.36. The maximum absolute atomic E-state index is 12.2. The molecule has 2 amide bonds. The summed E-state index contributed by atoms with van der Waals surface area (Å²) in [5.41, 5.74) is 1.70. The SMILES string of the molecule is Cc1cc(Br)ccc1NC(=O)CNc1ccc(C(=O)NC2CC2)cc1[N+](=O)[O-]. The number of amides is 2. The molecule has 1 fully saturated rings. The van der Waals surface area contributed by atoms with Gasteiger partial charge in [0.25, 0.3) is 11.6 Å². The Morgan fingerprint density at radius 2 is 1.89 bits per heavy atom. The molecule has 3 N–H and O–H groups in total. The third kappa shape index (κ3) is 5.07. The van der Waals surface area contributed by atoms with Gasteiger partial charge in [-0.3, -0.25) is 19.7 Å². The lowest BCUT2D eigenvalue weighted by atomic mass is 10.1. The molecular weight excluding hydrogens is 428 g/mol. The van der Waals surface area contributed by atoms with Crippen LogP contribution in [-0.4, -0.2) is 29.3 Å². The Morgan fingerprint density at radius 1 is 1.18 bits per heavy atom. The van der Waals surface area contributed by atoms with Crippen molar-refractivity contribution in [1.29, 1.82) is 0 Å². The molecule has 1 aliphatic carbocycles. The number of hydrogen-bond acceptors (Lipinski definition) is 5. The first kappa shape index (κ1) is 19.8. The summed E-state index contributed by atoms with van der Waals surface area (Å²) in [7, 11) is 0. The molecule has 0 aromatic heterocycles. The number of hydrogen-bond donors (Lipinski definition) is 3. The first-order valence-electron chi connectivity index (χ1n) is 8.72. The predicted molar refractivity (Wildman–Crippen MR) is 110 cm³/mol. The minimum atomic E-state index is -0.576. The van der Waals surface area contributed by atoms with Gasteiger partial charge in [-0.1, -0.05) is 15.9 Å². The minimum Gasteiger partial charge on any atom is -0.371 e. The van der Waals surface area contributed by atoms with Crippen LogP contribution in [0.3, 0.4) is 0 Å². The Morgan fingerprint density at radius 3 is 2.54 bits per heavy atom. The second-order valence-corrected chi connectivity index (χ2v) is 7.51. The highest BCUT2D eigenvalue weighted by molar-refractivity contribution is 9.10. The van der Waals surface area contributed by atoms with Gasteiger partial charge in [-0.25, -0.2) is 0 Å². The topological polar surface area (TPSA) is 113 Å². The molecule has 2 aromatic rings. The van der Waals surface area contributed by atoms with Crippen LogP contribution in [0.1, 0.15) is 28.8 Å². The molecule has 0 heterocycles. The third-order valence-electron chi connectivity index (χ3n) is 4.27. The quantitative estimate of drug-likeness (QED) is 0.443. The zero-order chi connectivity index (χ0) is 20.3. The molecule has 0 aliphatic heterocycles. The summed E-state index contributed by atoms with van der Waals surface area (Å²) in [6.45, 7) is 1.72. The van der Waals surface area contributed by atoms with E-state index >= 15 is 0 Å². The zero-order valence-electron chi connectivity index (χ0n) is 15.1. The summed E-state index contributed by atoms with van der Waals surface area (Å²) in [5, 5.41) is 19.7. The van der Waals surface area contributed by atoms with Crippen molar-refractivity contribution in [1.82, 2.24) is 5.32 Å². The number of carbonyl (C=O) groups is 2. The van der Waals surface area contributed by atoms with Crippen molar-refractivity contribution in [2.24, 2.45) is 0 Å². The molecule has 0 bridgehead atoms. The van der Waals surface area contributed by atoms with Crippen LogP contribution in [-0.2, 0) is 4.79 Å². The van der Waals surface area contributed by atoms with E-state index in [2.05, 4.69) is 31.9 Å². The minimum absolute atomic E-state index is 0.149. The van der Waals surface area contributed by atoms with Crippen LogP contribution in [0.15, 0.2) is 40.9 Å². The van der Waals surface area contributed by atoms with Gasteiger partial charge in [0, 0.05) is 27.8 Å². The van der Waals surface area contributed by atoms with E-state index in [9.17, 15) is 19.7 Å². The summed E-state index contributed by atoms with van der Waals surface area (Å²) < 4.78 is 0.905. The van der Waals surface area contributed by atoms with Crippen LogP contribution < -0.4 is 16.0 Å². The molecule has 0 spiro atoms. The van der Waals surface area contributed by atoms with E-state index in [1.807, 2.05) is 19.1 Å². The highest BCUT2D eigenvalue weighted by Crippen LogP contribution is 2.27. The molecule has 146 valence electrons. The summed E-state index contributed by atoms with van der Waals surface area (Å²) in [6.07, 6.45) is 1.86. The maximum Gasteiger partial charge on any atom is 0.293 e. The molecule has 0 saturated heterocycles. The number of nitro groups is 1. The fourth-order valence-electron chi connectivity index (χ4n) is 2.61. The molecule has 1 saturated carbocycles. The Bertz CT molecular complexity index is 944. The monoisotopic (exact) mass is 446 g/mol. The van der Waals surface area contributed by atoms with Gasteiger partial charge in [-0.15, -0.1) is 0 Å². The highest BCUT2D eigenvalue weighted by Gasteiger charge is 2.25. The summed E-state index contributed by atoms with van der Waals surface area (Å²) in [6, 6.07) is 9.78. The Hall–Kier alpha value is -2.94. The standard InChI is InChI=1S/C19H19BrN4O4/c1-11-8-13(20)3-7-15(11)23-18(25)10-21-16-6-2-12(9-17(16)24(27)28)19(26)22-14-4-5-14/h2-3,6-9,14,21H,4-5,10H2,1H3,(H,22,26)(H,23,25). The molecule has 3 rings (SSSR count). The van der Waals surface area contributed by atoms with Gasteiger partial charge in [-0.2, -0.15) is 0 Å². The molecule has 0 radical (unpaired) electrons. The van der Waals surface area contributed by atoms with Crippen LogP contribution in [0.2, 0.25) is 0 Å². The third-order valence-corrected chi connectivity index (χ3v) is 4.76. The van der Waals surface area contributed by atoms with Gasteiger partial charge < -0.3 is 16.0 Å². The van der Waals surface area contributed by atoms with E-state index in [1.165, 1.54) is 18.2 Å². The molecule has 1 aliphatic rings. The predicted octanol–water partition coefficient (Wildman–Crippen LogP) is 3.61. The zero-order valence-corrected chi connectivity index (χ0v) is 16.7. The van der Waals surface area contributed by atoms with Crippen LogP contribution >= 0.6 is 15.9 Å². The molecular formula is C19H19BrN4O4. The number of carbonyl (C=O) groups excluding carboxylic acids is 2. The molecule has 8 nitrogen and oxygen atoms in total. The van der Waals surface area contributed by atoms with Crippen molar-refractivity contribution in [3.05, 3.63) is 62.1 Å². The Labute approximate surface area is 170 Å². The largest absolute Gasteiger partial charge is 0.371 e. The number of anilines is 2. The number of nitrogens with one attached hydrogen (secondary N) is 3. The number of benzene rings is 2. The first-order valence-corrected chi connectivity index (χ1v) is 9.52. The van der Waals surface area contributed by atoms with E-state index in [-0.39, 0.29) is 41.3 Å². The van der Waals surface area contributed by atoms with Gasteiger partial charge in [0.2, 0.25) is 5.91 Å². The fraction of sp³-hybridized carbons (Fsp3) is 0.263. The van der Waals surface area contributed by atoms with E-state index in [1.54, 1.807) is 6.07 Å². The van der Waals surface area contributed by atoms with Gasteiger partial charge in [0.1, 0.15) is 5.69 Å². The average Bonchev–Trinajstić information content (AvgIpc) is 3.46. The second-order valence-electron chi connectivity index (χ2n) is 6.60. The van der Waals surface area contributed by atoms with Crippen LogP contribution in [0.5, 0.6) is 0 Å². The van der Waals surface area contributed by atoms with Crippen molar-refractivity contribution >= 4 is 44.8 Å². The number of rotatable bonds is 7. The van der Waals surface area contributed by atoms with Crippen LogP contribution in [0.4, 0.5) is 17.1 Å². The lowest BCUT2D eigenvalue weighted by Gasteiger charge is -2.11. The summed E-state index contributed by atoms with van der Waals surface area (Å²) in [4.78, 5) is 35.1. The van der Waals surface area contributed by atoms with E-state index in [0.29, 0.717) is 5.69 Å². The van der Waals surface area contributed by atoms with Crippen LogP contribution in [0.25, 0.3) is 0 Å².